The fourth-order valence-corrected chi connectivity index (χ4v) is 3.30. The number of hydrogen-bond donors (Lipinski definition) is 1. The topological polar surface area (TPSA) is 35.2 Å². The van der Waals surface area contributed by atoms with Gasteiger partial charge >= 0.3 is 0 Å². The highest BCUT2D eigenvalue weighted by Crippen LogP contribution is 2.30. The van der Waals surface area contributed by atoms with Gasteiger partial charge in [0.25, 0.3) is 0 Å². The van der Waals surface area contributed by atoms with Gasteiger partial charge in [-0.3, -0.25) is 0 Å². The van der Waals surface area contributed by atoms with E-state index in [2.05, 4.69) is 31.9 Å². The molecule has 2 rings (SSSR count). The van der Waals surface area contributed by atoms with Crippen molar-refractivity contribution in [3.05, 3.63) is 49.0 Å². The van der Waals surface area contributed by atoms with Gasteiger partial charge in [-0.1, -0.05) is 22.0 Å². The Morgan fingerprint density at radius 2 is 2.11 bits per heavy atom. The molecule has 96 valence electrons. The number of thiophene rings is 1. The maximum absolute atomic E-state index is 5.94. The predicted octanol–water partition coefficient (Wildman–Crippen LogP) is 4.87. The molecular formula is C13H13Br2NOS. The van der Waals surface area contributed by atoms with Crippen LogP contribution in [0.3, 0.4) is 0 Å². The van der Waals surface area contributed by atoms with Crippen molar-refractivity contribution in [2.45, 2.75) is 19.6 Å². The number of halogens is 2. The zero-order chi connectivity index (χ0) is 13.1. The molecule has 2 nitrogen and oxygen atoms in total. The number of ether oxygens (including phenoxy) is 1. The number of rotatable bonds is 4. The van der Waals surface area contributed by atoms with Gasteiger partial charge in [0.15, 0.2) is 0 Å². The van der Waals surface area contributed by atoms with E-state index in [1.807, 2.05) is 36.6 Å². The average Bonchev–Trinajstić information content (AvgIpc) is 2.72. The summed E-state index contributed by atoms with van der Waals surface area (Å²) in [6.45, 7) is 2.51. The summed E-state index contributed by atoms with van der Waals surface area (Å²) in [5, 5.41) is 2.04. The maximum Gasteiger partial charge on any atom is 0.125 e. The maximum atomic E-state index is 5.94. The van der Waals surface area contributed by atoms with Gasteiger partial charge in [-0.15, -0.1) is 11.3 Å². The van der Waals surface area contributed by atoms with Gasteiger partial charge in [-0.05, 0) is 46.4 Å². The quantitative estimate of drug-likeness (QED) is 0.807. The van der Waals surface area contributed by atoms with E-state index in [1.54, 1.807) is 11.3 Å². The molecule has 18 heavy (non-hydrogen) atoms. The van der Waals surface area contributed by atoms with Crippen molar-refractivity contribution >= 4 is 43.2 Å². The van der Waals surface area contributed by atoms with E-state index in [9.17, 15) is 0 Å². The standard InChI is InChI=1S/C13H13Br2NOS/c1-8(16)10-3-2-9(14)6-12(10)17-7-13-11(15)4-5-18-13/h2-6,8H,7,16H2,1H3. The molecule has 0 spiro atoms. The van der Waals surface area contributed by atoms with Crippen LogP contribution in [0.15, 0.2) is 38.6 Å². The van der Waals surface area contributed by atoms with Crippen LogP contribution in [0.4, 0.5) is 0 Å². The van der Waals surface area contributed by atoms with Gasteiger partial charge in [0.1, 0.15) is 12.4 Å². The second kappa shape index (κ2) is 6.19. The summed E-state index contributed by atoms with van der Waals surface area (Å²) in [5.41, 5.74) is 6.96. The van der Waals surface area contributed by atoms with Crippen LogP contribution in [-0.4, -0.2) is 0 Å². The van der Waals surface area contributed by atoms with E-state index < -0.39 is 0 Å². The Morgan fingerprint density at radius 1 is 1.33 bits per heavy atom. The summed E-state index contributed by atoms with van der Waals surface area (Å²) in [6, 6.07) is 7.91. The van der Waals surface area contributed by atoms with Crippen LogP contribution in [0.25, 0.3) is 0 Å². The Kier molecular flexibility index (Phi) is 4.84. The van der Waals surface area contributed by atoms with E-state index in [1.165, 1.54) is 4.88 Å². The van der Waals surface area contributed by atoms with Crippen LogP contribution in [-0.2, 0) is 6.61 Å². The summed E-state index contributed by atoms with van der Waals surface area (Å²) in [4.78, 5) is 1.17. The first-order valence-corrected chi connectivity index (χ1v) is 7.94. The van der Waals surface area contributed by atoms with Gasteiger partial charge < -0.3 is 10.5 Å². The first-order valence-electron chi connectivity index (χ1n) is 5.47. The van der Waals surface area contributed by atoms with Gasteiger partial charge in [0.05, 0.1) is 4.88 Å². The Hall–Kier alpha value is -0.360. The van der Waals surface area contributed by atoms with Crippen LogP contribution in [0.2, 0.25) is 0 Å². The lowest BCUT2D eigenvalue weighted by atomic mass is 10.1. The number of nitrogens with two attached hydrogens (primary N) is 1. The Morgan fingerprint density at radius 3 is 2.72 bits per heavy atom. The highest BCUT2D eigenvalue weighted by molar-refractivity contribution is 9.10. The summed E-state index contributed by atoms with van der Waals surface area (Å²) >= 11 is 8.62. The van der Waals surface area contributed by atoms with Crippen molar-refractivity contribution < 1.29 is 4.74 Å². The van der Waals surface area contributed by atoms with E-state index in [4.69, 9.17) is 10.5 Å². The molecular weight excluding hydrogens is 378 g/mol. The molecule has 0 saturated heterocycles. The fourth-order valence-electron chi connectivity index (χ4n) is 1.58. The van der Waals surface area contributed by atoms with Gasteiger partial charge in [0.2, 0.25) is 0 Å². The minimum absolute atomic E-state index is 0.0418. The van der Waals surface area contributed by atoms with Crippen molar-refractivity contribution in [1.82, 2.24) is 0 Å². The van der Waals surface area contributed by atoms with E-state index in [0.717, 1.165) is 20.3 Å². The minimum Gasteiger partial charge on any atom is -0.488 e. The lowest BCUT2D eigenvalue weighted by molar-refractivity contribution is 0.304. The SMILES string of the molecule is CC(N)c1ccc(Br)cc1OCc1sccc1Br. The van der Waals surface area contributed by atoms with E-state index in [0.29, 0.717) is 6.61 Å². The molecule has 0 aliphatic rings. The highest BCUT2D eigenvalue weighted by Gasteiger charge is 2.10. The molecule has 0 aliphatic heterocycles. The van der Waals surface area contributed by atoms with Crippen LogP contribution >= 0.6 is 43.2 Å². The normalized spacial score (nSPS) is 12.4. The van der Waals surface area contributed by atoms with E-state index in [-0.39, 0.29) is 6.04 Å². The smallest absolute Gasteiger partial charge is 0.125 e. The summed E-state index contributed by atoms with van der Waals surface area (Å²) in [5.74, 6) is 0.833. The molecule has 5 heteroatoms. The number of hydrogen-bond acceptors (Lipinski definition) is 3. The average molecular weight is 391 g/mol. The van der Waals surface area contributed by atoms with Gasteiger partial charge in [-0.2, -0.15) is 0 Å². The third-order valence-corrected chi connectivity index (χ3v) is 4.91. The van der Waals surface area contributed by atoms with Crippen LogP contribution in [0, 0.1) is 0 Å². The van der Waals surface area contributed by atoms with Crippen LogP contribution in [0.1, 0.15) is 23.4 Å². The van der Waals surface area contributed by atoms with Crippen molar-refractivity contribution in [2.24, 2.45) is 5.73 Å². The van der Waals surface area contributed by atoms with Gasteiger partial charge in [-0.25, -0.2) is 0 Å². The molecule has 1 atom stereocenters. The molecule has 1 aromatic carbocycles. The lowest BCUT2D eigenvalue weighted by Gasteiger charge is -2.14. The third kappa shape index (κ3) is 3.35. The van der Waals surface area contributed by atoms with Gasteiger partial charge in [0, 0.05) is 20.6 Å². The van der Waals surface area contributed by atoms with Crippen LogP contribution < -0.4 is 10.5 Å². The molecule has 0 fully saturated rings. The second-order valence-corrected chi connectivity index (χ2v) is 6.72. The zero-order valence-electron chi connectivity index (χ0n) is 9.82. The second-order valence-electron chi connectivity index (χ2n) is 3.95. The Balaban J connectivity index is 2.18. The van der Waals surface area contributed by atoms with E-state index >= 15 is 0 Å². The summed E-state index contributed by atoms with van der Waals surface area (Å²) < 4.78 is 7.96. The Labute approximate surface area is 127 Å². The first kappa shape index (κ1) is 14.1. The third-order valence-electron chi connectivity index (χ3n) is 2.52. The van der Waals surface area contributed by atoms with Crippen molar-refractivity contribution in [3.8, 4) is 5.75 Å². The monoisotopic (exact) mass is 389 g/mol. The van der Waals surface area contributed by atoms with Crippen LogP contribution in [0.5, 0.6) is 5.75 Å². The predicted molar refractivity (Wildman–Crippen MR) is 83.1 cm³/mol. The van der Waals surface area contributed by atoms with Crippen molar-refractivity contribution in [2.75, 3.05) is 0 Å². The van der Waals surface area contributed by atoms with Crippen molar-refractivity contribution in [1.29, 1.82) is 0 Å². The molecule has 0 aliphatic carbocycles. The fraction of sp³-hybridized carbons (Fsp3) is 0.231. The summed E-state index contributed by atoms with van der Waals surface area (Å²) in [7, 11) is 0. The lowest BCUT2D eigenvalue weighted by Crippen LogP contribution is -2.08. The molecule has 2 aromatic rings. The molecule has 1 heterocycles. The van der Waals surface area contributed by atoms with Crippen molar-refractivity contribution in [3.63, 3.8) is 0 Å². The Bertz CT molecular complexity index is 540. The number of benzene rings is 1. The molecule has 0 radical (unpaired) electrons. The highest BCUT2D eigenvalue weighted by atomic mass is 79.9. The zero-order valence-corrected chi connectivity index (χ0v) is 13.8. The molecule has 1 aromatic heterocycles. The molecule has 0 saturated carbocycles. The minimum atomic E-state index is -0.0418. The summed E-state index contributed by atoms with van der Waals surface area (Å²) in [6.07, 6.45) is 0. The molecule has 1 unspecified atom stereocenters. The molecule has 0 amide bonds. The largest absolute Gasteiger partial charge is 0.488 e. The first-order chi connectivity index (χ1) is 8.58. The molecule has 2 N–H and O–H groups in total. The molecule has 0 bridgehead atoms.